The molecule has 2 nitrogen and oxygen atoms in total. The van der Waals surface area contributed by atoms with E-state index in [0.29, 0.717) is 0 Å². The molecule has 1 amide bonds. The fourth-order valence-electron chi connectivity index (χ4n) is 2.33. The van der Waals surface area contributed by atoms with Gasteiger partial charge < -0.3 is 5.32 Å². The van der Waals surface area contributed by atoms with Crippen LogP contribution in [0.15, 0.2) is 12.1 Å². The van der Waals surface area contributed by atoms with Crippen LogP contribution >= 0.6 is 11.6 Å². The summed E-state index contributed by atoms with van der Waals surface area (Å²) in [7, 11) is 0. The monoisotopic (exact) mass is 287 g/mol. The molecule has 1 aliphatic rings. The summed E-state index contributed by atoms with van der Waals surface area (Å²) in [5.74, 6) is -2.03. The molecular formula is C14H16ClF2NO. The van der Waals surface area contributed by atoms with E-state index in [1.165, 1.54) is 13.0 Å². The summed E-state index contributed by atoms with van der Waals surface area (Å²) in [4.78, 5) is 12.0. The Bertz CT molecular complexity index is 493. The molecule has 0 radical (unpaired) electrons. The number of nitrogens with one attached hydrogen (secondary N) is 1. The number of halogens is 3. The number of alkyl halides is 1. The predicted octanol–water partition coefficient (Wildman–Crippen LogP) is 3.55. The minimum Gasteiger partial charge on any atom is -0.348 e. The largest absolute Gasteiger partial charge is 0.348 e. The lowest BCUT2D eigenvalue weighted by molar-refractivity contribution is 0.0924. The van der Waals surface area contributed by atoms with Gasteiger partial charge in [-0.25, -0.2) is 8.78 Å². The van der Waals surface area contributed by atoms with Crippen LogP contribution in [0.5, 0.6) is 0 Å². The summed E-state index contributed by atoms with van der Waals surface area (Å²) in [6.07, 6.45) is 3.68. The molecule has 0 aromatic heterocycles. The highest BCUT2D eigenvalue weighted by Crippen LogP contribution is 2.23. The molecule has 19 heavy (non-hydrogen) atoms. The highest BCUT2D eigenvalue weighted by molar-refractivity contribution is 6.21. The Morgan fingerprint density at radius 3 is 2.63 bits per heavy atom. The highest BCUT2D eigenvalue weighted by atomic mass is 35.5. The molecule has 1 aromatic carbocycles. The predicted molar refractivity (Wildman–Crippen MR) is 70.5 cm³/mol. The molecule has 0 heterocycles. The van der Waals surface area contributed by atoms with E-state index in [1.807, 2.05) is 0 Å². The van der Waals surface area contributed by atoms with Crippen molar-refractivity contribution in [2.75, 3.05) is 0 Å². The van der Waals surface area contributed by atoms with E-state index < -0.39 is 17.5 Å². The molecule has 0 aliphatic heterocycles. The number of hydrogen-bond donors (Lipinski definition) is 1. The van der Waals surface area contributed by atoms with Gasteiger partial charge in [0.15, 0.2) is 0 Å². The van der Waals surface area contributed by atoms with Crippen molar-refractivity contribution in [2.45, 2.75) is 44.0 Å². The molecule has 104 valence electrons. The van der Waals surface area contributed by atoms with Gasteiger partial charge in [-0.3, -0.25) is 4.79 Å². The van der Waals surface area contributed by atoms with Gasteiger partial charge in [-0.1, -0.05) is 12.8 Å². The third-order valence-corrected chi connectivity index (χ3v) is 4.01. The first-order valence-electron chi connectivity index (χ1n) is 6.39. The summed E-state index contributed by atoms with van der Waals surface area (Å²) >= 11 is 6.14. The third-order valence-electron chi connectivity index (χ3n) is 3.49. The van der Waals surface area contributed by atoms with E-state index >= 15 is 0 Å². The smallest absolute Gasteiger partial charge is 0.254 e. The van der Waals surface area contributed by atoms with Crippen LogP contribution in [0, 0.1) is 18.6 Å². The first-order valence-corrected chi connectivity index (χ1v) is 6.83. The Morgan fingerprint density at radius 2 is 1.95 bits per heavy atom. The second-order valence-corrected chi connectivity index (χ2v) is 5.52. The van der Waals surface area contributed by atoms with E-state index in [1.54, 1.807) is 0 Å². The van der Waals surface area contributed by atoms with Gasteiger partial charge in [-0.05, 0) is 31.4 Å². The zero-order chi connectivity index (χ0) is 14.0. The average molecular weight is 288 g/mol. The summed E-state index contributed by atoms with van der Waals surface area (Å²) in [6, 6.07) is 1.82. The Hall–Kier alpha value is -1.16. The van der Waals surface area contributed by atoms with Crippen molar-refractivity contribution in [3.63, 3.8) is 0 Å². The molecule has 2 atom stereocenters. The van der Waals surface area contributed by atoms with E-state index in [2.05, 4.69) is 5.32 Å². The number of amides is 1. The quantitative estimate of drug-likeness (QED) is 0.828. The van der Waals surface area contributed by atoms with Gasteiger partial charge in [0.05, 0.1) is 10.9 Å². The van der Waals surface area contributed by atoms with Gasteiger partial charge in [0.2, 0.25) is 0 Å². The topological polar surface area (TPSA) is 29.1 Å². The molecule has 2 unspecified atom stereocenters. The van der Waals surface area contributed by atoms with Gasteiger partial charge in [0, 0.05) is 12.1 Å². The lowest BCUT2D eigenvalue weighted by Crippen LogP contribution is -2.43. The first kappa shape index (κ1) is 14.3. The summed E-state index contributed by atoms with van der Waals surface area (Å²) < 4.78 is 26.7. The molecule has 1 saturated carbocycles. The van der Waals surface area contributed by atoms with Crippen LogP contribution in [-0.4, -0.2) is 17.3 Å². The molecule has 0 spiro atoms. The minimum absolute atomic E-state index is 0.123. The minimum atomic E-state index is -0.845. The molecule has 5 heteroatoms. The van der Waals surface area contributed by atoms with Gasteiger partial charge in [-0.15, -0.1) is 11.6 Å². The van der Waals surface area contributed by atoms with Crippen LogP contribution in [0.4, 0.5) is 8.78 Å². The lowest BCUT2D eigenvalue weighted by Gasteiger charge is -2.27. The van der Waals surface area contributed by atoms with Crippen molar-refractivity contribution in [3.8, 4) is 0 Å². The summed E-state index contributed by atoms with van der Waals surface area (Å²) in [5, 5.41) is 2.62. The molecule has 1 N–H and O–H groups in total. The second-order valence-electron chi connectivity index (χ2n) is 4.96. The number of hydrogen-bond acceptors (Lipinski definition) is 1. The second kappa shape index (κ2) is 5.87. The maximum atomic E-state index is 13.6. The van der Waals surface area contributed by atoms with Crippen LogP contribution in [0.2, 0.25) is 0 Å². The van der Waals surface area contributed by atoms with Crippen molar-refractivity contribution >= 4 is 17.5 Å². The van der Waals surface area contributed by atoms with Crippen molar-refractivity contribution in [3.05, 3.63) is 34.9 Å². The SMILES string of the molecule is Cc1cc(C(=O)NC2CCCCC2Cl)c(F)cc1F. The Kier molecular flexibility index (Phi) is 4.40. The number of benzene rings is 1. The van der Waals surface area contributed by atoms with Gasteiger partial charge in [-0.2, -0.15) is 0 Å². The average Bonchev–Trinajstić information content (AvgIpc) is 2.36. The van der Waals surface area contributed by atoms with Crippen LogP contribution in [0.3, 0.4) is 0 Å². The van der Waals surface area contributed by atoms with E-state index in [4.69, 9.17) is 11.6 Å². The van der Waals surface area contributed by atoms with Gasteiger partial charge >= 0.3 is 0 Å². The number of carbonyl (C=O) groups excluding carboxylic acids is 1. The van der Waals surface area contributed by atoms with Gasteiger partial charge in [0.1, 0.15) is 11.6 Å². The fraction of sp³-hybridized carbons (Fsp3) is 0.500. The lowest BCUT2D eigenvalue weighted by atomic mass is 9.94. The molecule has 0 bridgehead atoms. The molecule has 0 saturated heterocycles. The van der Waals surface area contributed by atoms with E-state index in [9.17, 15) is 13.6 Å². The molecule has 1 aliphatic carbocycles. The first-order chi connectivity index (χ1) is 8.99. The normalized spacial score (nSPS) is 23.2. The van der Waals surface area contributed by atoms with Crippen molar-refractivity contribution in [1.82, 2.24) is 5.32 Å². The number of carbonyl (C=O) groups is 1. The molecule has 1 fully saturated rings. The van der Waals surface area contributed by atoms with Crippen molar-refractivity contribution < 1.29 is 13.6 Å². The third kappa shape index (κ3) is 3.24. The maximum Gasteiger partial charge on any atom is 0.254 e. The zero-order valence-corrected chi connectivity index (χ0v) is 11.4. The van der Waals surface area contributed by atoms with E-state index in [-0.39, 0.29) is 22.5 Å². The van der Waals surface area contributed by atoms with Crippen LogP contribution in [0.25, 0.3) is 0 Å². The standard InChI is InChI=1S/C14H16ClF2NO/c1-8-6-9(12(17)7-11(8)16)14(19)18-13-5-3-2-4-10(13)15/h6-7,10,13H,2-5H2,1H3,(H,18,19). The summed E-state index contributed by atoms with van der Waals surface area (Å²) in [6.45, 7) is 1.50. The molecule has 1 aromatic rings. The Morgan fingerprint density at radius 1 is 1.26 bits per heavy atom. The maximum absolute atomic E-state index is 13.6. The molecular weight excluding hydrogens is 272 g/mol. The van der Waals surface area contributed by atoms with Crippen molar-refractivity contribution in [2.24, 2.45) is 0 Å². The number of aryl methyl sites for hydroxylation is 1. The van der Waals surface area contributed by atoms with Crippen molar-refractivity contribution in [1.29, 1.82) is 0 Å². The summed E-state index contributed by atoms with van der Waals surface area (Å²) in [5.41, 5.74) is 0.117. The van der Waals surface area contributed by atoms with Gasteiger partial charge in [0.25, 0.3) is 5.91 Å². The van der Waals surface area contributed by atoms with Crippen LogP contribution in [-0.2, 0) is 0 Å². The van der Waals surface area contributed by atoms with E-state index in [0.717, 1.165) is 31.7 Å². The highest BCUT2D eigenvalue weighted by Gasteiger charge is 2.26. The zero-order valence-electron chi connectivity index (χ0n) is 10.7. The van der Waals surface area contributed by atoms with Crippen LogP contribution < -0.4 is 5.32 Å². The Labute approximate surface area is 116 Å². The Balaban J connectivity index is 2.13. The number of rotatable bonds is 2. The molecule has 2 rings (SSSR count). The fourth-order valence-corrected chi connectivity index (χ4v) is 2.67. The van der Waals surface area contributed by atoms with Crippen LogP contribution in [0.1, 0.15) is 41.6 Å².